The second kappa shape index (κ2) is 9.68. The molecule has 10 heteroatoms. The first-order valence-electron chi connectivity index (χ1n) is 10.5. The number of carbonyl (C=O) groups is 2. The molecule has 2 amide bonds. The van der Waals surface area contributed by atoms with Crippen molar-refractivity contribution in [3.05, 3.63) is 48.2 Å². The Morgan fingerprint density at radius 1 is 1.06 bits per heavy atom. The molecule has 3 rings (SSSR count). The van der Waals surface area contributed by atoms with Crippen molar-refractivity contribution in [3.63, 3.8) is 0 Å². The summed E-state index contributed by atoms with van der Waals surface area (Å²) >= 11 is 0. The molecule has 0 saturated carbocycles. The van der Waals surface area contributed by atoms with Gasteiger partial charge in [-0.1, -0.05) is 26.8 Å². The molecule has 1 aromatic carbocycles. The maximum Gasteiger partial charge on any atom is 0.573 e. The van der Waals surface area contributed by atoms with E-state index >= 15 is 0 Å². The molecule has 0 unspecified atom stereocenters. The van der Waals surface area contributed by atoms with Gasteiger partial charge in [-0.3, -0.25) is 9.59 Å². The predicted octanol–water partition coefficient (Wildman–Crippen LogP) is 4.65. The van der Waals surface area contributed by atoms with E-state index in [1.807, 2.05) is 0 Å². The summed E-state index contributed by atoms with van der Waals surface area (Å²) in [7, 11) is 0. The Labute approximate surface area is 189 Å². The highest BCUT2D eigenvalue weighted by atomic mass is 19.4. The van der Waals surface area contributed by atoms with E-state index in [4.69, 9.17) is 4.74 Å². The standard InChI is InChI=1S/C23H26F3N3O4/c1-22(2,3)21(31)28-19-13-15(7-10-27-19)20(30)29-11-8-16(9-12-29)32-17-5-4-6-18(14-17)33-23(24,25)26/h4-7,10,13-14,16H,8-9,11-12H2,1-3H3,(H,27,28,31). The quantitative estimate of drug-likeness (QED) is 0.696. The molecule has 1 aromatic heterocycles. The summed E-state index contributed by atoms with van der Waals surface area (Å²) in [6.45, 7) is 6.19. The number of amides is 2. The Morgan fingerprint density at radius 3 is 2.36 bits per heavy atom. The summed E-state index contributed by atoms with van der Waals surface area (Å²) in [6, 6.07) is 8.51. The van der Waals surface area contributed by atoms with E-state index in [-0.39, 0.29) is 29.4 Å². The molecule has 0 bridgehead atoms. The van der Waals surface area contributed by atoms with Crippen molar-refractivity contribution in [2.45, 2.75) is 46.1 Å². The van der Waals surface area contributed by atoms with Crippen LogP contribution in [0.5, 0.6) is 11.5 Å². The van der Waals surface area contributed by atoms with Gasteiger partial charge in [0.05, 0.1) is 0 Å². The number of aromatic nitrogens is 1. The number of carbonyl (C=O) groups excluding carboxylic acids is 2. The summed E-state index contributed by atoms with van der Waals surface area (Å²) < 4.78 is 46.9. The molecule has 1 aliphatic heterocycles. The number of rotatable bonds is 5. The SMILES string of the molecule is CC(C)(C)C(=O)Nc1cc(C(=O)N2CCC(Oc3cccc(OC(F)(F)F)c3)CC2)ccn1. The van der Waals surface area contributed by atoms with Crippen LogP contribution in [-0.2, 0) is 4.79 Å². The number of halogens is 3. The van der Waals surface area contributed by atoms with Crippen LogP contribution in [0, 0.1) is 5.41 Å². The van der Waals surface area contributed by atoms with Crippen LogP contribution >= 0.6 is 0 Å². The fourth-order valence-corrected chi connectivity index (χ4v) is 3.23. The van der Waals surface area contributed by atoms with Crippen LogP contribution in [0.4, 0.5) is 19.0 Å². The topological polar surface area (TPSA) is 80.8 Å². The van der Waals surface area contributed by atoms with Gasteiger partial charge in [-0.25, -0.2) is 4.98 Å². The smallest absolute Gasteiger partial charge is 0.490 e. The number of hydrogen-bond acceptors (Lipinski definition) is 5. The maximum atomic E-state index is 12.9. The molecule has 178 valence electrons. The van der Waals surface area contributed by atoms with Gasteiger partial charge in [0, 0.05) is 49.2 Å². The van der Waals surface area contributed by atoms with Crippen molar-refractivity contribution in [3.8, 4) is 11.5 Å². The number of nitrogens with zero attached hydrogens (tertiary/aromatic N) is 2. The van der Waals surface area contributed by atoms with Gasteiger partial charge >= 0.3 is 6.36 Å². The lowest BCUT2D eigenvalue weighted by Crippen LogP contribution is -2.41. The lowest BCUT2D eigenvalue weighted by molar-refractivity contribution is -0.274. The van der Waals surface area contributed by atoms with Gasteiger partial charge in [0.1, 0.15) is 23.4 Å². The Bertz CT molecular complexity index is 997. The van der Waals surface area contributed by atoms with Crippen LogP contribution in [0.15, 0.2) is 42.6 Å². The molecule has 0 aliphatic carbocycles. The lowest BCUT2D eigenvalue weighted by atomic mass is 9.96. The average molecular weight is 465 g/mol. The van der Waals surface area contributed by atoms with Gasteiger partial charge < -0.3 is 19.7 Å². The summed E-state index contributed by atoms with van der Waals surface area (Å²) in [5, 5.41) is 2.71. The highest BCUT2D eigenvalue weighted by Gasteiger charge is 2.31. The summed E-state index contributed by atoms with van der Waals surface area (Å²) in [6.07, 6.45) is -2.50. The molecule has 0 atom stereocenters. The van der Waals surface area contributed by atoms with E-state index in [0.29, 0.717) is 37.3 Å². The average Bonchev–Trinajstić information content (AvgIpc) is 2.72. The molecule has 1 N–H and O–H groups in total. The number of ether oxygens (including phenoxy) is 2. The van der Waals surface area contributed by atoms with Gasteiger partial charge in [-0.2, -0.15) is 0 Å². The van der Waals surface area contributed by atoms with Crippen LogP contribution in [-0.4, -0.2) is 47.3 Å². The van der Waals surface area contributed by atoms with E-state index in [9.17, 15) is 22.8 Å². The van der Waals surface area contributed by atoms with E-state index < -0.39 is 11.8 Å². The third-order valence-corrected chi connectivity index (χ3v) is 5.00. The fourth-order valence-electron chi connectivity index (χ4n) is 3.23. The Hall–Kier alpha value is -3.30. The normalized spacial score (nSPS) is 15.2. The molecule has 0 radical (unpaired) electrons. The van der Waals surface area contributed by atoms with Gasteiger partial charge in [-0.05, 0) is 24.3 Å². The molecule has 1 fully saturated rings. The third kappa shape index (κ3) is 7.10. The van der Waals surface area contributed by atoms with Gasteiger partial charge in [-0.15, -0.1) is 13.2 Å². The summed E-state index contributed by atoms with van der Waals surface area (Å²) in [5.74, 6) is -0.167. The molecule has 0 spiro atoms. The minimum absolute atomic E-state index is 0.192. The lowest BCUT2D eigenvalue weighted by Gasteiger charge is -2.32. The highest BCUT2D eigenvalue weighted by molar-refractivity contribution is 5.97. The van der Waals surface area contributed by atoms with E-state index in [2.05, 4.69) is 15.0 Å². The number of benzene rings is 1. The molecule has 1 saturated heterocycles. The Morgan fingerprint density at radius 2 is 1.73 bits per heavy atom. The molecule has 1 aliphatic rings. The Balaban J connectivity index is 1.56. The third-order valence-electron chi connectivity index (χ3n) is 5.00. The van der Waals surface area contributed by atoms with Crippen molar-refractivity contribution >= 4 is 17.6 Å². The van der Waals surface area contributed by atoms with Crippen LogP contribution in [0.2, 0.25) is 0 Å². The summed E-state index contributed by atoms with van der Waals surface area (Å²) in [4.78, 5) is 30.8. The maximum absolute atomic E-state index is 12.9. The van der Waals surface area contributed by atoms with Crippen LogP contribution in [0.1, 0.15) is 44.0 Å². The zero-order chi connectivity index (χ0) is 24.2. The number of pyridine rings is 1. The van der Waals surface area contributed by atoms with E-state index in [0.717, 1.165) is 0 Å². The molecular formula is C23H26F3N3O4. The van der Waals surface area contributed by atoms with Crippen LogP contribution in [0.25, 0.3) is 0 Å². The molecule has 2 aromatic rings. The first kappa shape index (κ1) is 24.3. The fraction of sp³-hybridized carbons (Fsp3) is 0.435. The van der Waals surface area contributed by atoms with Gasteiger partial charge in [0.15, 0.2) is 0 Å². The van der Waals surface area contributed by atoms with E-state index in [1.165, 1.54) is 24.4 Å². The number of anilines is 1. The predicted molar refractivity (Wildman–Crippen MR) is 115 cm³/mol. The van der Waals surface area contributed by atoms with E-state index in [1.54, 1.807) is 43.9 Å². The number of hydrogen-bond donors (Lipinski definition) is 1. The number of alkyl halides is 3. The molecular weight excluding hydrogens is 439 g/mol. The number of nitrogens with one attached hydrogen (secondary N) is 1. The van der Waals surface area contributed by atoms with Crippen LogP contribution in [0.3, 0.4) is 0 Å². The first-order chi connectivity index (χ1) is 15.4. The zero-order valence-corrected chi connectivity index (χ0v) is 18.6. The highest BCUT2D eigenvalue weighted by Crippen LogP contribution is 2.28. The largest absolute Gasteiger partial charge is 0.573 e. The number of piperidine rings is 1. The van der Waals surface area contributed by atoms with Crippen LogP contribution < -0.4 is 14.8 Å². The summed E-state index contributed by atoms with van der Waals surface area (Å²) in [5.41, 5.74) is -0.187. The van der Waals surface area contributed by atoms with Crippen molar-refractivity contribution in [2.24, 2.45) is 5.41 Å². The van der Waals surface area contributed by atoms with Crippen molar-refractivity contribution in [1.29, 1.82) is 0 Å². The Kier molecular flexibility index (Phi) is 7.14. The van der Waals surface area contributed by atoms with Gasteiger partial charge in [0.2, 0.25) is 5.91 Å². The van der Waals surface area contributed by atoms with Crippen molar-refractivity contribution < 1.29 is 32.2 Å². The minimum atomic E-state index is -4.77. The minimum Gasteiger partial charge on any atom is -0.490 e. The van der Waals surface area contributed by atoms with Gasteiger partial charge in [0.25, 0.3) is 5.91 Å². The zero-order valence-electron chi connectivity index (χ0n) is 18.6. The van der Waals surface area contributed by atoms with Crippen molar-refractivity contribution in [1.82, 2.24) is 9.88 Å². The molecule has 2 heterocycles. The molecule has 33 heavy (non-hydrogen) atoms. The molecule has 7 nitrogen and oxygen atoms in total. The second-order valence-corrected chi connectivity index (χ2v) is 8.77. The number of likely N-dealkylation sites (tertiary alicyclic amines) is 1. The monoisotopic (exact) mass is 465 g/mol. The van der Waals surface area contributed by atoms with Crippen molar-refractivity contribution in [2.75, 3.05) is 18.4 Å². The first-order valence-corrected chi connectivity index (χ1v) is 10.5. The second-order valence-electron chi connectivity index (χ2n) is 8.77.